The zero-order valence-corrected chi connectivity index (χ0v) is 20.6. The minimum atomic E-state index is 0.0702. The second-order valence-corrected chi connectivity index (χ2v) is 10.7. The molecule has 33 heavy (non-hydrogen) atoms. The van der Waals surface area contributed by atoms with Gasteiger partial charge in [-0.15, -0.1) is 0 Å². The van der Waals surface area contributed by atoms with Gasteiger partial charge >= 0.3 is 0 Å². The third kappa shape index (κ3) is 4.49. The van der Waals surface area contributed by atoms with Gasteiger partial charge in [0.15, 0.2) is 5.58 Å². The van der Waals surface area contributed by atoms with E-state index in [0.29, 0.717) is 31.9 Å². The Balaban J connectivity index is 1.64. The molecule has 0 atom stereocenters. The third-order valence-electron chi connectivity index (χ3n) is 5.37. The quantitative estimate of drug-likeness (QED) is 0.257. The predicted octanol–water partition coefficient (Wildman–Crippen LogP) is 8.24. The van der Waals surface area contributed by atoms with Crippen LogP contribution in [0.5, 0.6) is 0 Å². The van der Waals surface area contributed by atoms with Crippen molar-refractivity contribution in [1.82, 2.24) is 4.98 Å². The normalized spacial score (nSPS) is 12.6. The zero-order chi connectivity index (χ0) is 23.2. The van der Waals surface area contributed by atoms with E-state index in [9.17, 15) is 0 Å². The van der Waals surface area contributed by atoms with Gasteiger partial charge in [0.25, 0.3) is 0 Å². The fourth-order valence-electron chi connectivity index (χ4n) is 3.59. The molecule has 0 bridgehead atoms. The fourth-order valence-corrected chi connectivity index (χ4v) is 4.93. The molecule has 2 heterocycles. The van der Waals surface area contributed by atoms with Crippen molar-refractivity contribution in [3.8, 4) is 11.3 Å². The minimum Gasteiger partial charge on any atom is -0.454 e. The minimum absolute atomic E-state index is 0.0702. The first kappa shape index (κ1) is 22.0. The molecule has 1 N–H and O–H groups in total. The van der Waals surface area contributed by atoms with Crippen LogP contribution >= 0.6 is 34.5 Å². The molecule has 5 aromatic rings. The van der Waals surface area contributed by atoms with Gasteiger partial charge in [-0.2, -0.15) is 5.10 Å². The molecule has 0 fully saturated rings. The first-order valence-electron chi connectivity index (χ1n) is 10.5. The zero-order valence-electron chi connectivity index (χ0n) is 18.3. The van der Waals surface area contributed by atoms with Crippen LogP contribution in [0, 0.1) is 0 Å². The summed E-state index contributed by atoms with van der Waals surface area (Å²) in [5.74, 6) is 0.664. The number of nitrogens with zero attached hydrogens (tertiary/aromatic N) is 2. The maximum atomic E-state index is 6.50. The number of halogens is 2. The molecule has 0 amide bonds. The Labute approximate surface area is 205 Å². The largest absolute Gasteiger partial charge is 0.454 e. The molecule has 3 aromatic carbocycles. The molecule has 5 rings (SSSR count). The van der Waals surface area contributed by atoms with Gasteiger partial charge in [-0.3, -0.25) is 5.43 Å². The lowest BCUT2D eigenvalue weighted by atomic mass is 9.86. The first-order chi connectivity index (χ1) is 15.8. The molecule has 0 aliphatic rings. The molecule has 0 aliphatic carbocycles. The highest BCUT2D eigenvalue weighted by Crippen LogP contribution is 2.31. The maximum absolute atomic E-state index is 6.50. The number of para-hydroxylation sites is 1. The van der Waals surface area contributed by atoms with Crippen LogP contribution in [-0.4, -0.2) is 4.98 Å². The van der Waals surface area contributed by atoms with E-state index in [1.54, 1.807) is 23.5 Å². The Morgan fingerprint density at radius 1 is 0.970 bits per heavy atom. The number of nitrogens with one attached hydrogen (secondary N) is 1. The van der Waals surface area contributed by atoms with Crippen molar-refractivity contribution < 1.29 is 4.42 Å². The third-order valence-corrected chi connectivity index (χ3v) is 6.81. The van der Waals surface area contributed by atoms with Gasteiger partial charge in [-0.05, 0) is 35.2 Å². The SMILES string of the molecule is CC(C)(C)c1ccc(-c2c/c(=N\Nc3nc4ccccc4s3)c3cc(Cl)cc(Cl)c3o2)cc1. The van der Waals surface area contributed by atoms with E-state index in [-0.39, 0.29) is 5.41 Å². The van der Waals surface area contributed by atoms with Gasteiger partial charge in [0, 0.05) is 22.0 Å². The van der Waals surface area contributed by atoms with Crippen LogP contribution in [0.4, 0.5) is 5.13 Å². The van der Waals surface area contributed by atoms with E-state index in [4.69, 9.17) is 27.6 Å². The van der Waals surface area contributed by atoms with Crippen molar-refractivity contribution in [3.63, 3.8) is 0 Å². The second kappa shape index (κ2) is 8.49. The molecule has 0 saturated carbocycles. The summed E-state index contributed by atoms with van der Waals surface area (Å²) >= 11 is 14.3. The topological polar surface area (TPSA) is 50.4 Å². The Kier molecular flexibility index (Phi) is 5.65. The monoisotopic (exact) mass is 493 g/mol. The van der Waals surface area contributed by atoms with E-state index in [1.807, 2.05) is 30.3 Å². The molecule has 4 nitrogen and oxygen atoms in total. The summed E-state index contributed by atoms with van der Waals surface area (Å²) in [6.07, 6.45) is 0. The van der Waals surface area contributed by atoms with Crippen molar-refractivity contribution >= 4 is 60.9 Å². The lowest BCUT2D eigenvalue weighted by Crippen LogP contribution is -2.10. The number of hydrogen-bond donors (Lipinski definition) is 1. The van der Waals surface area contributed by atoms with Crippen molar-refractivity contribution in [1.29, 1.82) is 0 Å². The summed E-state index contributed by atoms with van der Waals surface area (Å²) in [5.41, 5.74) is 6.81. The van der Waals surface area contributed by atoms with Gasteiger partial charge in [0.2, 0.25) is 5.13 Å². The van der Waals surface area contributed by atoms with Gasteiger partial charge < -0.3 is 4.42 Å². The van der Waals surface area contributed by atoms with E-state index < -0.39 is 0 Å². The van der Waals surface area contributed by atoms with Crippen LogP contribution in [0.1, 0.15) is 26.3 Å². The maximum Gasteiger partial charge on any atom is 0.204 e. The number of anilines is 1. The summed E-state index contributed by atoms with van der Waals surface area (Å²) in [7, 11) is 0. The van der Waals surface area contributed by atoms with Crippen LogP contribution in [0.25, 0.3) is 32.5 Å². The average molecular weight is 494 g/mol. The summed E-state index contributed by atoms with van der Waals surface area (Å²) in [4.78, 5) is 4.59. The van der Waals surface area contributed by atoms with Crippen molar-refractivity contribution in [2.75, 3.05) is 5.43 Å². The summed E-state index contributed by atoms with van der Waals surface area (Å²) in [6, 6.07) is 21.7. The second-order valence-electron chi connectivity index (χ2n) is 8.80. The van der Waals surface area contributed by atoms with E-state index in [2.05, 4.69) is 60.5 Å². The molecule has 7 heteroatoms. The highest BCUT2D eigenvalue weighted by Gasteiger charge is 2.15. The van der Waals surface area contributed by atoms with Crippen LogP contribution in [0.15, 0.2) is 76.2 Å². The fraction of sp³-hybridized carbons (Fsp3) is 0.154. The number of benzene rings is 3. The highest BCUT2D eigenvalue weighted by atomic mass is 35.5. The van der Waals surface area contributed by atoms with Crippen LogP contribution in [0.3, 0.4) is 0 Å². The molecule has 2 aromatic heterocycles. The summed E-state index contributed by atoms with van der Waals surface area (Å²) in [5, 5.41) is 7.68. The van der Waals surface area contributed by atoms with E-state index in [0.717, 1.165) is 21.2 Å². The van der Waals surface area contributed by atoms with Gasteiger partial charge in [-0.1, -0.05) is 91.7 Å². The number of rotatable bonds is 3. The van der Waals surface area contributed by atoms with E-state index in [1.165, 1.54) is 5.56 Å². The Hall–Kier alpha value is -2.86. The molecule has 0 spiro atoms. The lowest BCUT2D eigenvalue weighted by Gasteiger charge is -2.19. The number of aromatic nitrogens is 1. The Morgan fingerprint density at radius 3 is 2.45 bits per heavy atom. The van der Waals surface area contributed by atoms with Gasteiger partial charge in [0.05, 0.1) is 20.6 Å². The van der Waals surface area contributed by atoms with Gasteiger partial charge in [0.1, 0.15) is 5.76 Å². The van der Waals surface area contributed by atoms with Crippen molar-refractivity contribution in [3.05, 3.63) is 87.7 Å². The van der Waals surface area contributed by atoms with Crippen LogP contribution in [-0.2, 0) is 5.41 Å². The Morgan fingerprint density at radius 2 is 1.73 bits per heavy atom. The number of thiazole rings is 1. The predicted molar refractivity (Wildman–Crippen MR) is 139 cm³/mol. The summed E-state index contributed by atoms with van der Waals surface area (Å²) in [6.45, 7) is 6.57. The lowest BCUT2D eigenvalue weighted by molar-refractivity contribution is 0.589. The first-order valence-corrected chi connectivity index (χ1v) is 12.0. The Bertz CT molecular complexity index is 1510. The molecule has 0 unspecified atom stereocenters. The van der Waals surface area contributed by atoms with E-state index >= 15 is 0 Å². The van der Waals surface area contributed by atoms with Gasteiger partial charge in [-0.25, -0.2) is 4.98 Å². The van der Waals surface area contributed by atoms with Crippen LogP contribution < -0.4 is 10.8 Å². The molecule has 166 valence electrons. The van der Waals surface area contributed by atoms with Crippen LogP contribution in [0.2, 0.25) is 10.0 Å². The molecule has 0 aliphatic heterocycles. The smallest absolute Gasteiger partial charge is 0.204 e. The molecular weight excluding hydrogens is 473 g/mol. The van der Waals surface area contributed by atoms with Crippen molar-refractivity contribution in [2.24, 2.45) is 5.10 Å². The highest BCUT2D eigenvalue weighted by molar-refractivity contribution is 7.22. The molecule has 0 radical (unpaired) electrons. The summed E-state index contributed by atoms with van der Waals surface area (Å²) < 4.78 is 7.30. The van der Waals surface area contributed by atoms with Crippen molar-refractivity contribution in [2.45, 2.75) is 26.2 Å². The molecule has 0 saturated heterocycles. The number of hydrogen-bond acceptors (Lipinski definition) is 5. The number of fused-ring (bicyclic) bond motifs is 2. The standard InChI is InChI=1S/C26H21Cl2N3OS/c1-26(2,3)16-10-8-15(9-11-16)22-14-21(18-12-17(27)13-19(28)24(18)32-22)30-31-25-29-20-6-4-5-7-23(20)33-25/h4-14H,1-3H3,(H,29,31)/b30-21+. The average Bonchev–Trinajstić information content (AvgIpc) is 3.20. The molecular formula is C26H21Cl2N3OS.